The molecule has 0 radical (unpaired) electrons. The van der Waals surface area contributed by atoms with Crippen molar-refractivity contribution in [1.29, 1.82) is 0 Å². The molecule has 3 rings (SSSR count). The summed E-state index contributed by atoms with van der Waals surface area (Å²) in [6.07, 6.45) is 3.31. The Labute approximate surface area is 134 Å². The van der Waals surface area contributed by atoms with Gasteiger partial charge in [-0.1, -0.05) is 29.8 Å². The molecule has 116 valence electrons. The van der Waals surface area contributed by atoms with Gasteiger partial charge in [-0.3, -0.25) is 4.79 Å². The van der Waals surface area contributed by atoms with Crippen molar-refractivity contribution in [3.8, 4) is 0 Å². The number of carbonyl (C=O) groups excluding carboxylic acids is 1. The number of likely N-dealkylation sites (tertiary alicyclic amines) is 1. The molecule has 0 atom stereocenters. The van der Waals surface area contributed by atoms with Crippen LogP contribution in [0, 0.1) is 6.92 Å². The van der Waals surface area contributed by atoms with Gasteiger partial charge < -0.3 is 4.90 Å². The predicted octanol–water partition coefficient (Wildman–Crippen LogP) is 2.91. The molecular formula is C16H19ClN4O. The van der Waals surface area contributed by atoms with Gasteiger partial charge in [0.05, 0.1) is 6.54 Å². The van der Waals surface area contributed by atoms with Crippen LogP contribution in [-0.2, 0) is 6.54 Å². The highest BCUT2D eigenvalue weighted by atomic mass is 35.5. The minimum absolute atomic E-state index is 0.0349. The molecule has 1 amide bonds. The molecular weight excluding hydrogens is 300 g/mol. The summed E-state index contributed by atoms with van der Waals surface area (Å²) in [6, 6.07) is 7.59. The van der Waals surface area contributed by atoms with E-state index in [2.05, 4.69) is 10.1 Å². The highest BCUT2D eigenvalue weighted by Crippen LogP contribution is 2.18. The Bertz CT molecular complexity index is 677. The van der Waals surface area contributed by atoms with Crippen molar-refractivity contribution in [2.45, 2.75) is 32.7 Å². The molecule has 5 nitrogen and oxygen atoms in total. The number of aryl methyl sites for hydroxylation is 1. The maximum atomic E-state index is 12.7. The SMILES string of the molecule is Cc1nc(C(=O)N2CCCCC2)n(Cc2ccccc2Cl)n1. The topological polar surface area (TPSA) is 51.0 Å². The van der Waals surface area contributed by atoms with Crippen molar-refractivity contribution < 1.29 is 4.79 Å². The van der Waals surface area contributed by atoms with E-state index in [1.807, 2.05) is 29.2 Å². The van der Waals surface area contributed by atoms with E-state index in [-0.39, 0.29) is 5.91 Å². The fraction of sp³-hybridized carbons (Fsp3) is 0.438. The molecule has 1 fully saturated rings. The van der Waals surface area contributed by atoms with Gasteiger partial charge in [0.15, 0.2) is 0 Å². The van der Waals surface area contributed by atoms with Crippen molar-refractivity contribution in [1.82, 2.24) is 19.7 Å². The van der Waals surface area contributed by atoms with E-state index >= 15 is 0 Å². The van der Waals surface area contributed by atoms with Gasteiger partial charge in [0.1, 0.15) is 5.82 Å². The van der Waals surface area contributed by atoms with E-state index in [1.54, 1.807) is 11.6 Å². The van der Waals surface area contributed by atoms with Crippen LogP contribution in [0.4, 0.5) is 0 Å². The van der Waals surface area contributed by atoms with Gasteiger partial charge in [-0.05, 0) is 37.8 Å². The first-order valence-electron chi connectivity index (χ1n) is 7.59. The molecule has 0 unspecified atom stereocenters. The van der Waals surface area contributed by atoms with Gasteiger partial charge in [0, 0.05) is 18.1 Å². The van der Waals surface area contributed by atoms with E-state index in [0.29, 0.717) is 23.2 Å². The normalized spacial score (nSPS) is 15.1. The number of piperidine rings is 1. The molecule has 22 heavy (non-hydrogen) atoms. The van der Waals surface area contributed by atoms with Crippen molar-refractivity contribution in [2.75, 3.05) is 13.1 Å². The summed E-state index contributed by atoms with van der Waals surface area (Å²) in [7, 11) is 0. The van der Waals surface area contributed by atoms with Gasteiger partial charge >= 0.3 is 0 Å². The molecule has 2 heterocycles. The number of benzene rings is 1. The molecule has 1 aliphatic heterocycles. The van der Waals surface area contributed by atoms with Crippen LogP contribution in [0.2, 0.25) is 5.02 Å². The number of nitrogens with zero attached hydrogens (tertiary/aromatic N) is 4. The Balaban J connectivity index is 1.86. The molecule has 1 aromatic heterocycles. The predicted molar refractivity (Wildman–Crippen MR) is 85.1 cm³/mol. The third-order valence-electron chi connectivity index (χ3n) is 3.89. The Morgan fingerprint density at radius 2 is 1.95 bits per heavy atom. The van der Waals surface area contributed by atoms with E-state index in [9.17, 15) is 4.79 Å². The van der Waals surface area contributed by atoms with E-state index < -0.39 is 0 Å². The van der Waals surface area contributed by atoms with Gasteiger partial charge in [0.2, 0.25) is 5.82 Å². The molecule has 0 aliphatic carbocycles. The zero-order chi connectivity index (χ0) is 15.5. The lowest BCUT2D eigenvalue weighted by Crippen LogP contribution is -2.37. The second kappa shape index (κ2) is 6.48. The zero-order valence-electron chi connectivity index (χ0n) is 12.6. The smallest absolute Gasteiger partial charge is 0.291 e. The Morgan fingerprint density at radius 3 is 2.68 bits per heavy atom. The summed E-state index contributed by atoms with van der Waals surface area (Å²) in [5, 5.41) is 5.04. The number of amides is 1. The molecule has 0 N–H and O–H groups in total. The monoisotopic (exact) mass is 318 g/mol. The van der Waals surface area contributed by atoms with Crippen molar-refractivity contribution in [3.63, 3.8) is 0 Å². The van der Waals surface area contributed by atoms with E-state index in [0.717, 1.165) is 31.5 Å². The van der Waals surface area contributed by atoms with Crippen LogP contribution in [0.5, 0.6) is 0 Å². The Hall–Kier alpha value is -1.88. The molecule has 6 heteroatoms. The van der Waals surface area contributed by atoms with Crippen LogP contribution in [0.3, 0.4) is 0 Å². The third-order valence-corrected chi connectivity index (χ3v) is 4.26. The van der Waals surface area contributed by atoms with E-state index in [4.69, 9.17) is 11.6 Å². The van der Waals surface area contributed by atoms with Gasteiger partial charge in [-0.15, -0.1) is 0 Å². The summed E-state index contributed by atoms with van der Waals surface area (Å²) in [5.41, 5.74) is 0.932. The summed E-state index contributed by atoms with van der Waals surface area (Å²) in [4.78, 5) is 18.9. The van der Waals surface area contributed by atoms with Crippen molar-refractivity contribution in [2.24, 2.45) is 0 Å². The fourth-order valence-electron chi connectivity index (χ4n) is 2.75. The van der Waals surface area contributed by atoms with Crippen LogP contribution in [0.1, 0.15) is 41.3 Å². The summed E-state index contributed by atoms with van der Waals surface area (Å²) in [6.45, 7) is 3.86. The third kappa shape index (κ3) is 3.14. The van der Waals surface area contributed by atoms with Gasteiger partial charge in [0.25, 0.3) is 5.91 Å². The van der Waals surface area contributed by atoms with Crippen LogP contribution in [-0.4, -0.2) is 38.7 Å². The molecule has 1 aromatic carbocycles. The lowest BCUT2D eigenvalue weighted by Gasteiger charge is -2.26. The first-order chi connectivity index (χ1) is 10.6. The van der Waals surface area contributed by atoms with Gasteiger partial charge in [-0.2, -0.15) is 5.10 Å². The van der Waals surface area contributed by atoms with Crippen LogP contribution in [0.25, 0.3) is 0 Å². The number of hydrogen-bond donors (Lipinski definition) is 0. The maximum Gasteiger partial charge on any atom is 0.291 e. The Kier molecular flexibility index (Phi) is 4.43. The number of rotatable bonds is 3. The average Bonchev–Trinajstić information content (AvgIpc) is 2.90. The lowest BCUT2D eigenvalue weighted by molar-refractivity contribution is 0.0706. The number of halogens is 1. The molecule has 1 aliphatic rings. The van der Waals surface area contributed by atoms with Crippen LogP contribution >= 0.6 is 11.6 Å². The van der Waals surface area contributed by atoms with Crippen molar-refractivity contribution in [3.05, 3.63) is 46.5 Å². The van der Waals surface area contributed by atoms with Crippen LogP contribution in [0.15, 0.2) is 24.3 Å². The average molecular weight is 319 g/mol. The van der Waals surface area contributed by atoms with Gasteiger partial charge in [-0.25, -0.2) is 9.67 Å². The number of aromatic nitrogens is 3. The molecule has 2 aromatic rings. The first kappa shape index (κ1) is 15.0. The number of hydrogen-bond acceptors (Lipinski definition) is 3. The first-order valence-corrected chi connectivity index (χ1v) is 7.97. The molecule has 0 bridgehead atoms. The quantitative estimate of drug-likeness (QED) is 0.874. The highest BCUT2D eigenvalue weighted by Gasteiger charge is 2.24. The molecule has 0 saturated carbocycles. The Morgan fingerprint density at radius 1 is 1.23 bits per heavy atom. The van der Waals surface area contributed by atoms with E-state index in [1.165, 1.54) is 6.42 Å². The number of carbonyl (C=O) groups is 1. The van der Waals surface area contributed by atoms with Crippen LogP contribution < -0.4 is 0 Å². The largest absolute Gasteiger partial charge is 0.336 e. The second-order valence-corrected chi connectivity index (χ2v) is 5.99. The molecule has 1 saturated heterocycles. The zero-order valence-corrected chi connectivity index (χ0v) is 13.4. The second-order valence-electron chi connectivity index (χ2n) is 5.58. The minimum Gasteiger partial charge on any atom is -0.336 e. The standard InChI is InChI=1S/C16H19ClN4O/c1-12-18-15(16(22)20-9-5-2-6-10-20)21(19-12)11-13-7-3-4-8-14(13)17/h3-4,7-8H,2,5-6,9-11H2,1H3. The minimum atomic E-state index is -0.0349. The lowest BCUT2D eigenvalue weighted by atomic mass is 10.1. The highest BCUT2D eigenvalue weighted by molar-refractivity contribution is 6.31. The summed E-state index contributed by atoms with van der Waals surface area (Å²) in [5.74, 6) is 0.971. The summed E-state index contributed by atoms with van der Waals surface area (Å²) >= 11 is 6.20. The van der Waals surface area contributed by atoms with Crippen molar-refractivity contribution >= 4 is 17.5 Å². The molecule has 0 spiro atoms. The maximum absolute atomic E-state index is 12.7. The summed E-state index contributed by atoms with van der Waals surface area (Å²) < 4.78 is 1.66. The fourth-order valence-corrected chi connectivity index (χ4v) is 2.95.